The molecule has 0 bridgehead atoms. The van der Waals surface area contributed by atoms with Crippen LogP contribution in [0.25, 0.3) is 11.4 Å². The van der Waals surface area contributed by atoms with Crippen molar-refractivity contribution in [1.29, 1.82) is 0 Å². The summed E-state index contributed by atoms with van der Waals surface area (Å²) in [7, 11) is 1.65. The molecule has 0 atom stereocenters. The van der Waals surface area contributed by atoms with Crippen molar-refractivity contribution >= 4 is 11.4 Å². The molecule has 1 aromatic heterocycles. The highest BCUT2D eigenvalue weighted by Crippen LogP contribution is 2.29. The van der Waals surface area contributed by atoms with E-state index >= 15 is 0 Å². The van der Waals surface area contributed by atoms with Gasteiger partial charge in [0.05, 0.1) is 25.0 Å². The molecule has 25 heavy (non-hydrogen) atoms. The van der Waals surface area contributed by atoms with Crippen LogP contribution in [0.5, 0.6) is 5.75 Å². The first kappa shape index (κ1) is 15.5. The molecule has 2 aromatic carbocycles. The molecule has 0 aliphatic carbocycles. The van der Waals surface area contributed by atoms with Crippen LogP contribution in [0.2, 0.25) is 0 Å². The maximum atomic E-state index is 5.48. The zero-order valence-corrected chi connectivity index (χ0v) is 14.1. The lowest BCUT2D eigenvalue weighted by atomic mass is 10.2. The first-order chi connectivity index (χ1) is 12.3. The fourth-order valence-electron chi connectivity index (χ4n) is 3.02. The lowest BCUT2D eigenvalue weighted by Gasteiger charge is -2.22. The van der Waals surface area contributed by atoms with Crippen molar-refractivity contribution in [2.45, 2.75) is 13.0 Å². The van der Waals surface area contributed by atoms with Gasteiger partial charge in [-0.3, -0.25) is 0 Å². The number of aromatic nitrogens is 2. The zero-order chi connectivity index (χ0) is 17.1. The normalized spacial score (nSPS) is 13.7. The third-order valence-electron chi connectivity index (χ3n) is 4.31. The molecular weight excluding hydrogens is 316 g/mol. The maximum Gasteiger partial charge on any atom is 0.246 e. The van der Waals surface area contributed by atoms with Crippen molar-refractivity contribution in [2.24, 2.45) is 0 Å². The van der Waals surface area contributed by atoms with Gasteiger partial charge in [-0.1, -0.05) is 17.3 Å². The van der Waals surface area contributed by atoms with Gasteiger partial charge in [-0.05, 0) is 42.8 Å². The van der Waals surface area contributed by atoms with Crippen molar-refractivity contribution in [3.05, 3.63) is 54.4 Å². The van der Waals surface area contributed by atoms with Gasteiger partial charge >= 0.3 is 0 Å². The smallest absolute Gasteiger partial charge is 0.246 e. The highest BCUT2D eigenvalue weighted by molar-refractivity contribution is 5.70. The number of hydrogen-bond acceptors (Lipinski definition) is 6. The summed E-state index contributed by atoms with van der Waals surface area (Å²) in [5.74, 6) is 2.02. The third-order valence-corrected chi connectivity index (χ3v) is 4.31. The van der Waals surface area contributed by atoms with Gasteiger partial charge < -0.3 is 19.5 Å². The van der Waals surface area contributed by atoms with Crippen molar-refractivity contribution in [1.82, 2.24) is 10.1 Å². The molecule has 6 nitrogen and oxygen atoms in total. The minimum absolute atomic E-state index is 0.596. The number of nitrogens with zero attached hydrogens (tertiary/aromatic N) is 3. The number of para-hydroxylation sites is 2. The lowest BCUT2D eigenvalue weighted by molar-refractivity contribution is 0.376. The van der Waals surface area contributed by atoms with Crippen molar-refractivity contribution in [2.75, 3.05) is 30.4 Å². The van der Waals surface area contributed by atoms with Crippen molar-refractivity contribution in [3.63, 3.8) is 0 Å². The summed E-state index contributed by atoms with van der Waals surface area (Å²) in [5, 5.41) is 7.58. The molecule has 2 heterocycles. The number of benzene rings is 2. The van der Waals surface area contributed by atoms with E-state index in [9.17, 15) is 0 Å². The van der Waals surface area contributed by atoms with E-state index in [0.29, 0.717) is 18.3 Å². The van der Waals surface area contributed by atoms with Gasteiger partial charge in [-0.25, -0.2) is 0 Å². The number of rotatable bonds is 4. The summed E-state index contributed by atoms with van der Waals surface area (Å²) in [6, 6.07) is 16.0. The van der Waals surface area contributed by atoms with Crippen LogP contribution in [-0.4, -0.2) is 30.3 Å². The van der Waals surface area contributed by atoms with E-state index in [4.69, 9.17) is 9.26 Å². The second-order valence-electron chi connectivity index (χ2n) is 5.96. The highest BCUT2D eigenvalue weighted by atomic mass is 16.5. The van der Waals surface area contributed by atoms with Gasteiger partial charge in [0, 0.05) is 18.7 Å². The van der Waals surface area contributed by atoms with E-state index in [2.05, 4.69) is 38.6 Å². The Kier molecular flexibility index (Phi) is 4.24. The van der Waals surface area contributed by atoms with Crippen LogP contribution in [0.15, 0.2) is 53.1 Å². The lowest BCUT2D eigenvalue weighted by Crippen LogP contribution is -2.23. The van der Waals surface area contributed by atoms with E-state index in [-0.39, 0.29) is 0 Å². The second-order valence-corrected chi connectivity index (χ2v) is 5.96. The molecule has 1 aliphatic heterocycles. The molecule has 0 radical (unpaired) electrons. The SMILES string of the molecule is COc1ccc(-c2noc(CN3CCCNc4ccccc43)n2)cc1. The average molecular weight is 336 g/mol. The van der Waals surface area contributed by atoms with Gasteiger partial charge in [0.1, 0.15) is 5.75 Å². The largest absolute Gasteiger partial charge is 0.497 e. The Bertz CT molecular complexity index is 845. The van der Waals surface area contributed by atoms with Crippen LogP contribution in [0, 0.1) is 0 Å². The van der Waals surface area contributed by atoms with Crippen LogP contribution in [0.3, 0.4) is 0 Å². The molecule has 6 heteroatoms. The molecule has 4 rings (SSSR count). The van der Waals surface area contributed by atoms with Crippen molar-refractivity contribution in [3.8, 4) is 17.1 Å². The fourth-order valence-corrected chi connectivity index (χ4v) is 3.02. The molecule has 3 aromatic rings. The van der Waals surface area contributed by atoms with Crippen molar-refractivity contribution < 1.29 is 9.26 Å². The first-order valence-corrected chi connectivity index (χ1v) is 8.38. The zero-order valence-electron chi connectivity index (χ0n) is 14.1. The fraction of sp³-hybridized carbons (Fsp3) is 0.263. The number of methoxy groups -OCH3 is 1. The number of hydrogen-bond donors (Lipinski definition) is 1. The minimum atomic E-state index is 0.596. The van der Waals surface area contributed by atoms with E-state index in [0.717, 1.165) is 36.5 Å². The van der Waals surface area contributed by atoms with E-state index in [1.165, 1.54) is 5.69 Å². The Morgan fingerprint density at radius 2 is 2.00 bits per heavy atom. The van der Waals surface area contributed by atoms with Crippen LogP contribution >= 0.6 is 0 Å². The summed E-state index contributed by atoms with van der Waals surface area (Å²) in [6.45, 7) is 2.51. The molecular formula is C19H20N4O2. The predicted octanol–water partition coefficient (Wildman–Crippen LogP) is 3.57. The number of nitrogens with one attached hydrogen (secondary N) is 1. The van der Waals surface area contributed by atoms with E-state index < -0.39 is 0 Å². The minimum Gasteiger partial charge on any atom is -0.497 e. The number of fused-ring (bicyclic) bond motifs is 1. The number of anilines is 2. The third kappa shape index (κ3) is 3.28. The molecule has 1 aliphatic rings. The second kappa shape index (κ2) is 6.84. The predicted molar refractivity (Wildman–Crippen MR) is 96.9 cm³/mol. The topological polar surface area (TPSA) is 63.4 Å². The quantitative estimate of drug-likeness (QED) is 0.786. The monoisotopic (exact) mass is 336 g/mol. The summed E-state index contributed by atoms with van der Waals surface area (Å²) in [6.07, 6.45) is 1.06. The first-order valence-electron chi connectivity index (χ1n) is 8.38. The van der Waals surface area contributed by atoms with E-state index in [1.54, 1.807) is 7.11 Å². The molecule has 0 spiro atoms. The standard InChI is InChI=1S/C19H20N4O2/c1-24-15-9-7-14(8-10-15)19-21-18(25-22-19)13-23-12-4-11-20-16-5-2-3-6-17(16)23/h2-3,5-10,20H,4,11-13H2,1H3. The summed E-state index contributed by atoms with van der Waals surface area (Å²) < 4.78 is 10.7. The molecule has 128 valence electrons. The Morgan fingerprint density at radius 1 is 1.16 bits per heavy atom. The number of ether oxygens (including phenoxy) is 1. The van der Waals surface area contributed by atoms with Crippen LogP contribution < -0.4 is 15.0 Å². The molecule has 0 amide bonds. The van der Waals surface area contributed by atoms with Gasteiger partial charge in [0.15, 0.2) is 0 Å². The summed E-state index contributed by atoms with van der Waals surface area (Å²) in [4.78, 5) is 6.83. The Morgan fingerprint density at radius 3 is 2.84 bits per heavy atom. The van der Waals surface area contributed by atoms with Gasteiger partial charge in [0.25, 0.3) is 0 Å². The Hall–Kier alpha value is -3.02. The average Bonchev–Trinajstić information content (AvgIpc) is 3.03. The summed E-state index contributed by atoms with van der Waals surface area (Å²) in [5.41, 5.74) is 3.23. The van der Waals surface area contributed by atoms with Gasteiger partial charge in [-0.2, -0.15) is 4.98 Å². The molecule has 0 unspecified atom stereocenters. The molecule has 0 saturated carbocycles. The Balaban J connectivity index is 1.54. The molecule has 1 N–H and O–H groups in total. The summed E-state index contributed by atoms with van der Waals surface area (Å²) >= 11 is 0. The van der Waals surface area contributed by atoms with Crippen LogP contribution in [0.1, 0.15) is 12.3 Å². The molecule has 0 fully saturated rings. The molecule has 0 saturated heterocycles. The van der Waals surface area contributed by atoms with Gasteiger partial charge in [0.2, 0.25) is 11.7 Å². The van der Waals surface area contributed by atoms with Crippen LogP contribution in [-0.2, 0) is 6.54 Å². The van der Waals surface area contributed by atoms with E-state index in [1.807, 2.05) is 30.3 Å². The van der Waals surface area contributed by atoms with Gasteiger partial charge in [-0.15, -0.1) is 0 Å². The maximum absolute atomic E-state index is 5.48. The van der Waals surface area contributed by atoms with Crippen LogP contribution in [0.4, 0.5) is 11.4 Å². The Labute approximate surface area is 146 Å². The highest BCUT2D eigenvalue weighted by Gasteiger charge is 2.18.